The van der Waals surface area contributed by atoms with Gasteiger partial charge in [-0.05, 0) is 42.7 Å². The van der Waals surface area contributed by atoms with E-state index in [1.807, 2.05) is 47.4 Å². The van der Waals surface area contributed by atoms with Gasteiger partial charge in [0.05, 0.1) is 0 Å². The molecule has 3 aromatic rings. The number of hydrogen-bond donors (Lipinski definition) is 1. The smallest absolute Gasteiger partial charge is 0.256 e. The lowest BCUT2D eigenvalue weighted by Gasteiger charge is -2.28. The van der Waals surface area contributed by atoms with E-state index in [0.29, 0.717) is 6.54 Å². The summed E-state index contributed by atoms with van der Waals surface area (Å²) in [6, 6.07) is 24.4. The zero-order valence-corrected chi connectivity index (χ0v) is 15.1. The maximum Gasteiger partial charge on any atom is 0.256 e. The van der Waals surface area contributed by atoms with Crippen LogP contribution in [-0.2, 0) is 6.54 Å². The lowest BCUT2D eigenvalue weighted by molar-refractivity contribution is 0.0728. The SMILES string of the molecule is Cc1ccc(C)c(N[C@H]2c3ccccc3C(=O)N2Cc2ccccc2)c1. The quantitative estimate of drug-likeness (QED) is 0.718. The Morgan fingerprint density at radius 1 is 0.923 bits per heavy atom. The Bertz CT molecular complexity index is 949. The van der Waals surface area contributed by atoms with Crippen LogP contribution in [0.2, 0.25) is 0 Å². The zero-order chi connectivity index (χ0) is 18.1. The maximum atomic E-state index is 13.0. The molecule has 130 valence electrons. The predicted molar refractivity (Wildman–Crippen MR) is 105 cm³/mol. The molecule has 4 rings (SSSR count). The molecular weight excluding hydrogens is 320 g/mol. The van der Waals surface area contributed by atoms with E-state index in [9.17, 15) is 4.79 Å². The van der Waals surface area contributed by atoms with Gasteiger partial charge in [0, 0.05) is 23.4 Å². The van der Waals surface area contributed by atoms with E-state index >= 15 is 0 Å². The van der Waals surface area contributed by atoms with Crippen molar-refractivity contribution in [3.8, 4) is 0 Å². The molecule has 0 spiro atoms. The molecule has 0 aliphatic carbocycles. The van der Waals surface area contributed by atoms with Crippen molar-refractivity contribution in [3.63, 3.8) is 0 Å². The summed E-state index contributed by atoms with van der Waals surface area (Å²) in [4.78, 5) is 15.0. The van der Waals surface area contributed by atoms with E-state index in [0.717, 1.165) is 22.4 Å². The van der Waals surface area contributed by atoms with E-state index < -0.39 is 0 Å². The standard InChI is InChI=1S/C23H22N2O/c1-16-12-13-17(2)21(14-16)24-22-19-10-6-7-11-20(19)23(26)25(22)15-18-8-4-3-5-9-18/h3-14,22,24H,15H2,1-2H3/t22-/m1/s1. The number of carbonyl (C=O) groups excluding carboxylic acids is 1. The fourth-order valence-corrected chi connectivity index (χ4v) is 3.51. The monoisotopic (exact) mass is 342 g/mol. The summed E-state index contributed by atoms with van der Waals surface area (Å²) < 4.78 is 0. The van der Waals surface area contributed by atoms with Crippen molar-refractivity contribution in [2.75, 3.05) is 5.32 Å². The highest BCUT2D eigenvalue weighted by Crippen LogP contribution is 2.36. The van der Waals surface area contributed by atoms with Crippen LogP contribution in [0.5, 0.6) is 0 Å². The topological polar surface area (TPSA) is 32.3 Å². The van der Waals surface area contributed by atoms with Crippen molar-refractivity contribution < 1.29 is 4.79 Å². The minimum Gasteiger partial charge on any atom is -0.361 e. The van der Waals surface area contributed by atoms with Gasteiger partial charge in [-0.25, -0.2) is 0 Å². The fourth-order valence-electron chi connectivity index (χ4n) is 3.51. The fraction of sp³-hybridized carbons (Fsp3) is 0.174. The normalized spacial score (nSPS) is 15.8. The Balaban J connectivity index is 1.72. The van der Waals surface area contributed by atoms with E-state index in [-0.39, 0.29) is 12.1 Å². The summed E-state index contributed by atoms with van der Waals surface area (Å²) in [7, 11) is 0. The molecule has 1 heterocycles. The van der Waals surface area contributed by atoms with Crippen molar-refractivity contribution in [2.24, 2.45) is 0 Å². The van der Waals surface area contributed by atoms with Crippen LogP contribution in [0.1, 0.15) is 38.8 Å². The van der Waals surface area contributed by atoms with E-state index in [1.165, 1.54) is 11.1 Å². The maximum absolute atomic E-state index is 13.0. The first-order valence-corrected chi connectivity index (χ1v) is 8.91. The van der Waals surface area contributed by atoms with Gasteiger partial charge in [0.1, 0.15) is 6.17 Å². The van der Waals surface area contributed by atoms with Crippen LogP contribution in [0.25, 0.3) is 0 Å². The van der Waals surface area contributed by atoms with Crippen LogP contribution in [0.15, 0.2) is 72.8 Å². The molecule has 0 unspecified atom stereocenters. The second kappa shape index (κ2) is 6.68. The lowest BCUT2D eigenvalue weighted by atomic mass is 10.1. The van der Waals surface area contributed by atoms with Crippen molar-refractivity contribution in [3.05, 3.63) is 101 Å². The number of carbonyl (C=O) groups is 1. The van der Waals surface area contributed by atoms with Crippen LogP contribution in [0.3, 0.4) is 0 Å². The summed E-state index contributed by atoms with van der Waals surface area (Å²) in [6.45, 7) is 4.75. The number of anilines is 1. The largest absolute Gasteiger partial charge is 0.361 e. The van der Waals surface area contributed by atoms with Gasteiger partial charge in [-0.3, -0.25) is 4.79 Å². The molecule has 0 saturated carbocycles. The Morgan fingerprint density at radius 2 is 1.65 bits per heavy atom. The number of benzene rings is 3. The second-order valence-corrected chi connectivity index (χ2v) is 6.87. The number of rotatable bonds is 4. The highest BCUT2D eigenvalue weighted by molar-refractivity contribution is 5.99. The minimum absolute atomic E-state index is 0.0762. The third kappa shape index (κ3) is 2.97. The summed E-state index contributed by atoms with van der Waals surface area (Å²) in [5.41, 5.74) is 6.39. The Hall–Kier alpha value is -3.07. The molecule has 0 radical (unpaired) electrons. The molecule has 3 nitrogen and oxygen atoms in total. The molecule has 0 bridgehead atoms. The van der Waals surface area contributed by atoms with Crippen LogP contribution in [-0.4, -0.2) is 10.8 Å². The highest BCUT2D eigenvalue weighted by atomic mass is 16.2. The molecule has 1 aliphatic heterocycles. The average molecular weight is 342 g/mol. The second-order valence-electron chi connectivity index (χ2n) is 6.87. The molecule has 1 atom stereocenters. The van der Waals surface area contributed by atoms with Crippen molar-refractivity contribution >= 4 is 11.6 Å². The predicted octanol–water partition coefficient (Wildman–Crippen LogP) is 5.07. The highest BCUT2D eigenvalue weighted by Gasteiger charge is 2.36. The van der Waals surface area contributed by atoms with Gasteiger partial charge in [-0.1, -0.05) is 60.7 Å². The summed E-state index contributed by atoms with van der Waals surface area (Å²) >= 11 is 0. The van der Waals surface area contributed by atoms with Gasteiger partial charge in [-0.15, -0.1) is 0 Å². The van der Waals surface area contributed by atoms with Crippen LogP contribution >= 0.6 is 0 Å². The number of fused-ring (bicyclic) bond motifs is 1. The van der Waals surface area contributed by atoms with Gasteiger partial charge < -0.3 is 10.2 Å². The number of nitrogens with one attached hydrogen (secondary N) is 1. The molecule has 3 aromatic carbocycles. The zero-order valence-electron chi connectivity index (χ0n) is 15.1. The first-order chi connectivity index (χ1) is 12.6. The van der Waals surface area contributed by atoms with E-state index in [4.69, 9.17) is 0 Å². The summed E-state index contributed by atoms with van der Waals surface area (Å²) in [5, 5.41) is 3.61. The van der Waals surface area contributed by atoms with Gasteiger partial charge in [0.25, 0.3) is 5.91 Å². The molecule has 1 aliphatic rings. The number of nitrogens with zero attached hydrogens (tertiary/aromatic N) is 1. The summed E-state index contributed by atoms with van der Waals surface area (Å²) in [5.74, 6) is 0.0762. The van der Waals surface area contributed by atoms with E-state index in [1.54, 1.807) is 0 Å². The van der Waals surface area contributed by atoms with Crippen LogP contribution in [0.4, 0.5) is 5.69 Å². The van der Waals surface area contributed by atoms with Crippen LogP contribution < -0.4 is 5.32 Å². The molecular formula is C23H22N2O. The third-order valence-electron chi connectivity index (χ3n) is 4.94. The Morgan fingerprint density at radius 3 is 2.46 bits per heavy atom. The first kappa shape index (κ1) is 16.4. The third-order valence-corrected chi connectivity index (χ3v) is 4.94. The van der Waals surface area contributed by atoms with E-state index in [2.05, 4.69) is 49.5 Å². The number of hydrogen-bond acceptors (Lipinski definition) is 2. The molecule has 1 N–H and O–H groups in total. The Labute approximate surface area is 154 Å². The van der Waals surface area contributed by atoms with Crippen molar-refractivity contribution in [1.82, 2.24) is 4.90 Å². The molecule has 1 amide bonds. The van der Waals surface area contributed by atoms with Crippen molar-refractivity contribution in [2.45, 2.75) is 26.6 Å². The molecule has 0 fully saturated rings. The molecule has 3 heteroatoms. The van der Waals surface area contributed by atoms with Gasteiger partial charge in [-0.2, -0.15) is 0 Å². The van der Waals surface area contributed by atoms with Crippen LogP contribution in [0, 0.1) is 13.8 Å². The lowest BCUT2D eigenvalue weighted by Crippen LogP contribution is -2.32. The van der Waals surface area contributed by atoms with Gasteiger partial charge >= 0.3 is 0 Å². The molecule has 0 aromatic heterocycles. The summed E-state index contributed by atoms with van der Waals surface area (Å²) in [6.07, 6.45) is -0.167. The number of aryl methyl sites for hydroxylation is 2. The number of amides is 1. The molecule has 26 heavy (non-hydrogen) atoms. The molecule has 0 saturated heterocycles. The first-order valence-electron chi connectivity index (χ1n) is 8.91. The minimum atomic E-state index is -0.167. The average Bonchev–Trinajstić information content (AvgIpc) is 2.92. The van der Waals surface area contributed by atoms with Crippen molar-refractivity contribution in [1.29, 1.82) is 0 Å². The van der Waals surface area contributed by atoms with Gasteiger partial charge in [0.15, 0.2) is 0 Å². The van der Waals surface area contributed by atoms with Gasteiger partial charge in [0.2, 0.25) is 0 Å². The Kier molecular flexibility index (Phi) is 4.21.